The first kappa shape index (κ1) is 16.6. The van der Waals surface area contributed by atoms with E-state index >= 15 is 0 Å². The van der Waals surface area contributed by atoms with Crippen LogP contribution in [0.4, 0.5) is 5.69 Å². The molecular formula is C13H11ClN2O5. The molecule has 1 rings (SSSR count). The number of rotatable bonds is 6. The van der Waals surface area contributed by atoms with Crippen molar-refractivity contribution in [2.45, 2.75) is 0 Å². The molecule has 0 aliphatic heterocycles. The molecule has 0 saturated carbocycles. The minimum Gasteiger partial charge on any atom is -0.459 e. The van der Waals surface area contributed by atoms with Gasteiger partial charge in [0, 0.05) is 13.2 Å². The molecule has 0 spiro atoms. The highest BCUT2D eigenvalue weighted by atomic mass is 35.5. The molecule has 0 atom stereocenters. The lowest BCUT2D eigenvalue weighted by molar-refractivity contribution is -0.384. The van der Waals surface area contributed by atoms with Gasteiger partial charge in [0.05, 0.1) is 11.5 Å². The number of nitrogens with zero attached hydrogens (tertiary/aromatic N) is 2. The Balaban J connectivity index is 2.98. The number of methoxy groups -OCH3 is 1. The number of benzene rings is 1. The topological polar surface area (TPSA) is 102 Å². The van der Waals surface area contributed by atoms with E-state index in [1.165, 1.54) is 31.4 Å². The highest BCUT2D eigenvalue weighted by Gasteiger charge is 2.14. The molecule has 0 heterocycles. The van der Waals surface area contributed by atoms with Crippen LogP contribution in [0, 0.1) is 21.4 Å². The number of esters is 1. The summed E-state index contributed by atoms with van der Waals surface area (Å²) in [6.45, 7) is 0.214. The van der Waals surface area contributed by atoms with Crippen molar-refractivity contribution in [3.05, 3.63) is 44.5 Å². The van der Waals surface area contributed by atoms with Crippen molar-refractivity contribution in [2.75, 3.05) is 20.3 Å². The molecule has 110 valence electrons. The fourth-order valence-electron chi connectivity index (χ4n) is 1.36. The van der Waals surface area contributed by atoms with Gasteiger partial charge in [0.25, 0.3) is 5.69 Å². The number of carbonyl (C=O) groups excluding carboxylic acids is 1. The molecule has 7 nitrogen and oxygen atoms in total. The van der Waals surface area contributed by atoms with Gasteiger partial charge >= 0.3 is 5.97 Å². The number of nitriles is 1. The van der Waals surface area contributed by atoms with Gasteiger partial charge in [0.1, 0.15) is 23.3 Å². The summed E-state index contributed by atoms with van der Waals surface area (Å²) in [6, 6.07) is 5.62. The number of hydrogen-bond acceptors (Lipinski definition) is 6. The van der Waals surface area contributed by atoms with Gasteiger partial charge in [-0.2, -0.15) is 5.26 Å². The minimum absolute atomic E-state index is 0.00905. The van der Waals surface area contributed by atoms with E-state index in [1.807, 2.05) is 0 Å². The van der Waals surface area contributed by atoms with Crippen molar-refractivity contribution < 1.29 is 19.2 Å². The third-order valence-corrected chi connectivity index (χ3v) is 2.66. The van der Waals surface area contributed by atoms with Crippen LogP contribution in [0.25, 0.3) is 6.08 Å². The average Bonchev–Trinajstić information content (AvgIpc) is 2.46. The summed E-state index contributed by atoms with van der Waals surface area (Å²) < 4.78 is 9.50. The molecule has 0 unspecified atom stereocenters. The number of ether oxygens (including phenoxy) is 2. The summed E-state index contributed by atoms with van der Waals surface area (Å²) >= 11 is 5.68. The van der Waals surface area contributed by atoms with Crippen molar-refractivity contribution in [1.82, 2.24) is 0 Å². The normalized spacial score (nSPS) is 10.8. The third kappa shape index (κ3) is 4.87. The summed E-state index contributed by atoms with van der Waals surface area (Å²) in [5.41, 5.74) is -0.287. The van der Waals surface area contributed by atoms with E-state index in [0.717, 1.165) is 0 Å². The Bertz CT molecular complexity index is 621. The first-order valence-electron chi connectivity index (χ1n) is 5.71. The van der Waals surface area contributed by atoms with Crippen LogP contribution in [0.1, 0.15) is 5.56 Å². The quantitative estimate of drug-likeness (QED) is 0.199. The molecule has 21 heavy (non-hydrogen) atoms. The van der Waals surface area contributed by atoms with Gasteiger partial charge in [-0.15, -0.1) is 0 Å². The van der Waals surface area contributed by atoms with Crippen LogP contribution in [-0.2, 0) is 14.3 Å². The van der Waals surface area contributed by atoms with Crippen LogP contribution in [-0.4, -0.2) is 31.2 Å². The predicted octanol–water partition coefficient (Wildman–Crippen LogP) is 2.34. The van der Waals surface area contributed by atoms with E-state index in [2.05, 4.69) is 0 Å². The van der Waals surface area contributed by atoms with Gasteiger partial charge in [-0.25, -0.2) is 4.79 Å². The Morgan fingerprint density at radius 1 is 1.52 bits per heavy atom. The Morgan fingerprint density at radius 3 is 2.81 bits per heavy atom. The highest BCUT2D eigenvalue weighted by molar-refractivity contribution is 6.32. The minimum atomic E-state index is -0.827. The molecule has 0 bridgehead atoms. The zero-order chi connectivity index (χ0) is 15.8. The second-order valence-electron chi connectivity index (χ2n) is 3.77. The Kier molecular flexibility index (Phi) is 6.33. The maximum Gasteiger partial charge on any atom is 0.348 e. The maximum absolute atomic E-state index is 11.6. The van der Waals surface area contributed by atoms with Crippen molar-refractivity contribution in [1.29, 1.82) is 5.26 Å². The molecule has 0 fully saturated rings. The molecule has 1 aromatic rings. The monoisotopic (exact) mass is 310 g/mol. The average molecular weight is 311 g/mol. The van der Waals surface area contributed by atoms with Crippen LogP contribution >= 0.6 is 11.6 Å². The standard InChI is InChI=1S/C13H11ClN2O5/c1-20-4-5-21-13(17)10(8-15)6-9-2-3-11(14)12(7-9)16(18)19/h2-3,6-7H,4-5H2,1H3/b10-6+. The number of nitro benzene ring substituents is 1. The van der Waals surface area contributed by atoms with E-state index in [1.54, 1.807) is 6.07 Å². The Morgan fingerprint density at radius 2 is 2.24 bits per heavy atom. The summed E-state index contributed by atoms with van der Waals surface area (Å²) in [6.07, 6.45) is 1.19. The van der Waals surface area contributed by atoms with Crippen LogP contribution < -0.4 is 0 Å². The summed E-state index contributed by atoms with van der Waals surface area (Å²) in [4.78, 5) is 21.7. The molecular weight excluding hydrogens is 300 g/mol. The van der Waals surface area contributed by atoms with E-state index in [4.69, 9.17) is 26.3 Å². The van der Waals surface area contributed by atoms with E-state index < -0.39 is 10.9 Å². The fraction of sp³-hybridized carbons (Fsp3) is 0.231. The van der Waals surface area contributed by atoms with Crippen molar-refractivity contribution >= 4 is 29.3 Å². The first-order chi connectivity index (χ1) is 9.99. The second kappa shape index (κ2) is 7.99. The van der Waals surface area contributed by atoms with Gasteiger partial charge < -0.3 is 9.47 Å². The van der Waals surface area contributed by atoms with E-state index in [9.17, 15) is 14.9 Å². The number of nitro groups is 1. The van der Waals surface area contributed by atoms with Gasteiger partial charge in [-0.3, -0.25) is 10.1 Å². The summed E-state index contributed by atoms with van der Waals surface area (Å²) in [7, 11) is 1.45. The van der Waals surface area contributed by atoms with Gasteiger partial charge in [-0.1, -0.05) is 17.7 Å². The maximum atomic E-state index is 11.6. The lowest BCUT2D eigenvalue weighted by atomic mass is 10.1. The molecule has 0 aliphatic carbocycles. The van der Waals surface area contributed by atoms with Crippen LogP contribution in [0.3, 0.4) is 0 Å². The Labute approximate surface area is 125 Å². The smallest absolute Gasteiger partial charge is 0.348 e. The number of halogens is 1. The Hall–Kier alpha value is -2.43. The highest BCUT2D eigenvalue weighted by Crippen LogP contribution is 2.26. The van der Waals surface area contributed by atoms with Crippen LogP contribution in [0.15, 0.2) is 23.8 Å². The largest absolute Gasteiger partial charge is 0.459 e. The molecule has 8 heteroatoms. The van der Waals surface area contributed by atoms with Crippen molar-refractivity contribution in [2.24, 2.45) is 0 Å². The zero-order valence-corrected chi connectivity index (χ0v) is 11.8. The molecule has 0 radical (unpaired) electrons. The second-order valence-corrected chi connectivity index (χ2v) is 4.17. The summed E-state index contributed by atoms with van der Waals surface area (Å²) in [5, 5.41) is 19.7. The molecule has 0 aliphatic rings. The van der Waals surface area contributed by atoms with E-state index in [0.29, 0.717) is 5.56 Å². The molecule has 1 aromatic carbocycles. The van der Waals surface area contributed by atoms with Gasteiger partial charge in [0.2, 0.25) is 0 Å². The lowest BCUT2D eigenvalue weighted by Gasteiger charge is -2.03. The van der Waals surface area contributed by atoms with Crippen LogP contribution in [0.5, 0.6) is 0 Å². The molecule has 0 aromatic heterocycles. The molecule has 0 N–H and O–H groups in total. The lowest BCUT2D eigenvalue weighted by Crippen LogP contribution is -2.11. The SMILES string of the molecule is COCCOC(=O)/C(C#N)=C/c1ccc(Cl)c([N+](=O)[O-])c1. The van der Waals surface area contributed by atoms with Crippen molar-refractivity contribution in [3.63, 3.8) is 0 Å². The van der Waals surface area contributed by atoms with Crippen LogP contribution in [0.2, 0.25) is 5.02 Å². The summed E-state index contributed by atoms with van der Waals surface area (Å²) in [5.74, 6) is -0.827. The van der Waals surface area contributed by atoms with Crippen molar-refractivity contribution in [3.8, 4) is 6.07 Å². The van der Waals surface area contributed by atoms with Gasteiger partial charge in [0.15, 0.2) is 0 Å². The predicted molar refractivity (Wildman–Crippen MR) is 74.5 cm³/mol. The third-order valence-electron chi connectivity index (χ3n) is 2.34. The van der Waals surface area contributed by atoms with Gasteiger partial charge in [-0.05, 0) is 17.7 Å². The fourth-order valence-corrected chi connectivity index (χ4v) is 1.54. The first-order valence-corrected chi connectivity index (χ1v) is 6.09. The number of hydrogen-bond donors (Lipinski definition) is 0. The zero-order valence-electron chi connectivity index (χ0n) is 11.0. The molecule has 0 saturated heterocycles. The molecule has 0 amide bonds. The van der Waals surface area contributed by atoms with E-state index in [-0.39, 0.29) is 29.5 Å². The number of carbonyl (C=O) groups is 1.